The van der Waals surface area contributed by atoms with E-state index >= 15 is 0 Å². The minimum Gasteiger partial charge on any atom is -0.379 e. The fourth-order valence-corrected chi connectivity index (χ4v) is 4.93. The SMILES string of the molecule is CNc1cc([C@H]2CCCN2S(=O)(=O)N2CCOCC2)nc(C)n1. The Bertz CT molecular complexity index is 660. The van der Waals surface area contributed by atoms with Crippen molar-refractivity contribution in [3.63, 3.8) is 0 Å². The van der Waals surface area contributed by atoms with Crippen LogP contribution in [0.15, 0.2) is 6.07 Å². The van der Waals surface area contributed by atoms with Gasteiger partial charge in [0, 0.05) is 32.7 Å². The van der Waals surface area contributed by atoms with Crippen molar-refractivity contribution < 1.29 is 13.2 Å². The quantitative estimate of drug-likeness (QED) is 0.860. The second kappa shape index (κ2) is 6.68. The van der Waals surface area contributed by atoms with Gasteiger partial charge in [-0.3, -0.25) is 0 Å². The van der Waals surface area contributed by atoms with E-state index in [4.69, 9.17) is 4.74 Å². The van der Waals surface area contributed by atoms with Gasteiger partial charge in [0.15, 0.2) is 0 Å². The summed E-state index contributed by atoms with van der Waals surface area (Å²) in [6.07, 6.45) is 1.62. The summed E-state index contributed by atoms with van der Waals surface area (Å²) in [5.74, 6) is 1.35. The van der Waals surface area contributed by atoms with Gasteiger partial charge in [0.25, 0.3) is 10.2 Å². The highest BCUT2D eigenvalue weighted by Gasteiger charge is 2.40. The van der Waals surface area contributed by atoms with Crippen LogP contribution >= 0.6 is 0 Å². The van der Waals surface area contributed by atoms with E-state index in [9.17, 15) is 8.42 Å². The average molecular weight is 341 g/mol. The number of aryl methyl sites for hydroxylation is 1. The van der Waals surface area contributed by atoms with Gasteiger partial charge in [0.2, 0.25) is 0 Å². The van der Waals surface area contributed by atoms with Gasteiger partial charge < -0.3 is 10.1 Å². The summed E-state index contributed by atoms with van der Waals surface area (Å²) in [5.41, 5.74) is 0.760. The highest BCUT2D eigenvalue weighted by Crippen LogP contribution is 2.35. The van der Waals surface area contributed by atoms with E-state index in [-0.39, 0.29) is 6.04 Å². The molecule has 3 rings (SSSR count). The van der Waals surface area contributed by atoms with Crippen molar-refractivity contribution in [3.8, 4) is 0 Å². The van der Waals surface area contributed by atoms with Crippen LogP contribution in [0.25, 0.3) is 0 Å². The third-order valence-corrected chi connectivity index (χ3v) is 6.30. The highest BCUT2D eigenvalue weighted by atomic mass is 32.2. The molecule has 2 aliphatic rings. The Hall–Kier alpha value is -1.29. The molecule has 2 aliphatic heterocycles. The number of nitrogens with zero attached hydrogens (tertiary/aromatic N) is 4. The molecule has 0 spiro atoms. The van der Waals surface area contributed by atoms with Crippen LogP contribution in [0, 0.1) is 6.92 Å². The molecule has 0 aliphatic carbocycles. The van der Waals surface area contributed by atoms with E-state index < -0.39 is 10.2 Å². The number of ether oxygens (including phenoxy) is 1. The molecule has 8 nitrogen and oxygen atoms in total. The number of aromatic nitrogens is 2. The lowest BCUT2D eigenvalue weighted by Crippen LogP contribution is -2.48. The van der Waals surface area contributed by atoms with Crippen molar-refractivity contribution >= 4 is 16.0 Å². The molecule has 128 valence electrons. The van der Waals surface area contributed by atoms with Crippen LogP contribution in [-0.2, 0) is 14.9 Å². The maximum Gasteiger partial charge on any atom is 0.282 e. The molecule has 0 radical (unpaired) electrons. The Labute approximate surface area is 137 Å². The highest BCUT2D eigenvalue weighted by molar-refractivity contribution is 7.86. The molecule has 9 heteroatoms. The molecule has 3 heterocycles. The molecule has 1 atom stereocenters. The van der Waals surface area contributed by atoms with Crippen molar-refractivity contribution in [2.45, 2.75) is 25.8 Å². The monoisotopic (exact) mass is 341 g/mol. The Morgan fingerprint density at radius 1 is 1.26 bits per heavy atom. The van der Waals surface area contributed by atoms with E-state index in [2.05, 4.69) is 15.3 Å². The molecule has 1 aromatic rings. The van der Waals surface area contributed by atoms with Crippen molar-refractivity contribution in [2.24, 2.45) is 0 Å². The van der Waals surface area contributed by atoms with Crippen molar-refractivity contribution in [2.75, 3.05) is 45.2 Å². The molecule has 1 aromatic heterocycles. The summed E-state index contributed by atoms with van der Waals surface area (Å²) in [7, 11) is -1.69. The first kappa shape index (κ1) is 16.6. The van der Waals surface area contributed by atoms with Gasteiger partial charge in [-0.15, -0.1) is 0 Å². The predicted molar refractivity (Wildman–Crippen MR) is 86.3 cm³/mol. The van der Waals surface area contributed by atoms with Gasteiger partial charge in [0.1, 0.15) is 11.6 Å². The van der Waals surface area contributed by atoms with Gasteiger partial charge in [0.05, 0.1) is 24.9 Å². The first-order chi connectivity index (χ1) is 11.0. The van der Waals surface area contributed by atoms with Crippen LogP contribution in [0.4, 0.5) is 5.82 Å². The normalized spacial score (nSPS) is 24.0. The van der Waals surface area contributed by atoms with E-state index in [0.717, 1.165) is 18.5 Å². The van der Waals surface area contributed by atoms with Crippen LogP contribution in [-0.4, -0.2) is 66.9 Å². The molecule has 1 N–H and O–H groups in total. The van der Waals surface area contributed by atoms with Crippen LogP contribution in [0.3, 0.4) is 0 Å². The largest absolute Gasteiger partial charge is 0.379 e. The van der Waals surface area contributed by atoms with Crippen LogP contribution < -0.4 is 5.32 Å². The molecule has 23 heavy (non-hydrogen) atoms. The number of hydrogen-bond acceptors (Lipinski definition) is 6. The summed E-state index contributed by atoms with van der Waals surface area (Å²) in [6, 6.07) is 1.61. The fraction of sp³-hybridized carbons (Fsp3) is 0.714. The van der Waals surface area contributed by atoms with Gasteiger partial charge in [-0.1, -0.05) is 0 Å². The lowest BCUT2D eigenvalue weighted by molar-refractivity contribution is 0.0698. The molecule has 2 saturated heterocycles. The van der Waals surface area contributed by atoms with Gasteiger partial charge in [-0.25, -0.2) is 9.97 Å². The number of morpholine rings is 1. The zero-order valence-corrected chi connectivity index (χ0v) is 14.3. The topological polar surface area (TPSA) is 87.7 Å². The molecule has 0 aromatic carbocycles. The van der Waals surface area contributed by atoms with Crippen LogP contribution in [0.1, 0.15) is 30.4 Å². The zero-order valence-electron chi connectivity index (χ0n) is 13.5. The number of hydrogen-bond donors (Lipinski definition) is 1. The van der Waals surface area contributed by atoms with Gasteiger partial charge >= 0.3 is 0 Å². The third-order valence-electron chi connectivity index (χ3n) is 4.25. The number of anilines is 1. The Morgan fingerprint density at radius 3 is 2.70 bits per heavy atom. The zero-order chi connectivity index (χ0) is 16.4. The summed E-state index contributed by atoms with van der Waals surface area (Å²) in [6.45, 7) is 4.08. The minimum atomic E-state index is -3.49. The Kier molecular flexibility index (Phi) is 4.81. The van der Waals surface area contributed by atoms with Crippen LogP contribution in [0.5, 0.6) is 0 Å². The van der Waals surface area contributed by atoms with E-state index in [1.165, 1.54) is 4.31 Å². The molecular formula is C14H23N5O3S. The molecule has 0 unspecified atom stereocenters. The molecule has 0 saturated carbocycles. The standard InChI is InChI=1S/C14H23N5O3S/c1-11-16-12(10-14(15-2)17-11)13-4-3-5-19(13)23(20,21)18-6-8-22-9-7-18/h10,13H,3-9H2,1-2H3,(H,15,16,17)/t13-/m1/s1. The van der Waals surface area contributed by atoms with Crippen LogP contribution in [0.2, 0.25) is 0 Å². The maximum absolute atomic E-state index is 12.9. The van der Waals surface area contributed by atoms with E-state index in [1.807, 2.05) is 13.0 Å². The summed E-state index contributed by atoms with van der Waals surface area (Å²) in [4.78, 5) is 8.76. The third kappa shape index (κ3) is 3.32. The lowest BCUT2D eigenvalue weighted by atomic mass is 10.1. The number of rotatable bonds is 4. The Morgan fingerprint density at radius 2 is 2.00 bits per heavy atom. The van der Waals surface area contributed by atoms with Gasteiger partial charge in [-0.05, 0) is 19.8 Å². The molecule has 0 bridgehead atoms. The first-order valence-corrected chi connectivity index (χ1v) is 9.30. The van der Waals surface area contributed by atoms with Crippen molar-refractivity contribution in [3.05, 3.63) is 17.6 Å². The second-order valence-corrected chi connectivity index (χ2v) is 7.64. The predicted octanol–water partition coefficient (Wildman–Crippen LogP) is 0.541. The Balaban J connectivity index is 1.89. The second-order valence-electron chi connectivity index (χ2n) is 5.76. The molecular weight excluding hydrogens is 318 g/mol. The van der Waals surface area contributed by atoms with E-state index in [0.29, 0.717) is 44.5 Å². The smallest absolute Gasteiger partial charge is 0.282 e. The summed E-state index contributed by atoms with van der Waals surface area (Å²) in [5, 5.41) is 3.00. The summed E-state index contributed by atoms with van der Waals surface area (Å²) < 4.78 is 34.3. The lowest BCUT2D eigenvalue weighted by Gasteiger charge is -2.32. The van der Waals surface area contributed by atoms with E-state index in [1.54, 1.807) is 11.4 Å². The van der Waals surface area contributed by atoms with Crippen molar-refractivity contribution in [1.29, 1.82) is 0 Å². The molecule has 2 fully saturated rings. The maximum atomic E-state index is 12.9. The molecule has 0 amide bonds. The average Bonchev–Trinajstić information content (AvgIpc) is 3.05. The first-order valence-electron chi connectivity index (χ1n) is 7.90. The fourth-order valence-electron chi connectivity index (χ4n) is 3.13. The number of nitrogens with one attached hydrogen (secondary N) is 1. The summed E-state index contributed by atoms with van der Waals surface area (Å²) >= 11 is 0. The van der Waals surface area contributed by atoms with Crippen molar-refractivity contribution in [1.82, 2.24) is 18.6 Å². The minimum absolute atomic E-state index is 0.225. The van der Waals surface area contributed by atoms with Gasteiger partial charge in [-0.2, -0.15) is 17.0 Å².